The molecular weight excluding hydrogens is 192 g/mol. The largest absolute Gasteiger partial charge is 0.235 e. The van der Waals surface area contributed by atoms with E-state index in [1.165, 1.54) is 6.33 Å². The van der Waals surface area contributed by atoms with Crippen molar-refractivity contribution in [2.45, 2.75) is 6.92 Å². The van der Waals surface area contributed by atoms with Gasteiger partial charge in [-0.25, -0.2) is 19.2 Å². The van der Waals surface area contributed by atoms with Crippen molar-refractivity contribution < 1.29 is 0 Å². The van der Waals surface area contributed by atoms with E-state index in [0.29, 0.717) is 0 Å². The molecule has 0 saturated carbocycles. The van der Waals surface area contributed by atoms with Crippen LogP contribution in [0.5, 0.6) is 0 Å². The number of aryl methyl sites for hydroxylation is 1. The predicted molar refractivity (Wildman–Crippen MR) is 52.6 cm³/mol. The van der Waals surface area contributed by atoms with Gasteiger partial charge < -0.3 is 0 Å². The molecule has 3 heterocycles. The fraction of sp³-hybridized carbons (Fsp3) is 0.111. The van der Waals surface area contributed by atoms with Crippen molar-refractivity contribution in [3.05, 3.63) is 36.8 Å². The summed E-state index contributed by atoms with van der Waals surface area (Å²) in [5.74, 6) is 0.732. The Hall–Kier alpha value is -2.24. The normalized spacial score (nSPS) is 11.0. The van der Waals surface area contributed by atoms with Gasteiger partial charge in [-0.15, -0.1) is 0 Å². The summed E-state index contributed by atoms with van der Waals surface area (Å²) in [5, 5.41) is 8.35. The molecule has 15 heavy (non-hydrogen) atoms. The molecular formula is C9H8N6. The van der Waals surface area contributed by atoms with Gasteiger partial charge in [0.15, 0.2) is 5.82 Å². The van der Waals surface area contributed by atoms with Crippen molar-refractivity contribution in [1.29, 1.82) is 0 Å². The first-order valence-corrected chi connectivity index (χ1v) is 4.50. The number of hydrogen-bond acceptors (Lipinski definition) is 4. The second-order valence-electron chi connectivity index (χ2n) is 3.21. The highest BCUT2D eigenvalue weighted by Crippen LogP contribution is 2.12. The highest BCUT2D eigenvalue weighted by atomic mass is 15.4. The SMILES string of the molecule is Cc1cc2c(-n3cncn3)nccn2n1. The Morgan fingerprint density at radius 1 is 1.33 bits per heavy atom. The minimum absolute atomic E-state index is 0.732. The topological polar surface area (TPSA) is 60.9 Å². The zero-order chi connectivity index (χ0) is 10.3. The first-order valence-electron chi connectivity index (χ1n) is 4.50. The Labute approximate surface area is 85.2 Å². The second kappa shape index (κ2) is 2.88. The van der Waals surface area contributed by atoms with Gasteiger partial charge in [-0.2, -0.15) is 10.2 Å². The lowest BCUT2D eigenvalue weighted by atomic mass is 10.4. The minimum atomic E-state index is 0.732. The summed E-state index contributed by atoms with van der Waals surface area (Å²) >= 11 is 0. The van der Waals surface area contributed by atoms with E-state index >= 15 is 0 Å². The Morgan fingerprint density at radius 2 is 2.27 bits per heavy atom. The summed E-state index contributed by atoms with van der Waals surface area (Å²) in [6.45, 7) is 1.94. The molecule has 0 aliphatic heterocycles. The summed E-state index contributed by atoms with van der Waals surface area (Å²) in [7, 11) is 0. The first-order chi connectivity index (χ1) is 7.34. The Kier molecular flexibility index (Phi) is 1.55. The van der Waals surface area contributed by atoms with Crippen LogP contribution in [0.1, 0.15) is 5.69 Å². The van der Waals surface area contributed by atoms with E-state index in [1.807, 2.05) is 19.2 Å². The Bertz CT molecular complexity index is 594. The molecule has 74 valence electrons. The van der Waals surface area contributed by atoms with E-state index < -0.39 is 0 Å². The number of nitrogens with zero attached hydrogens (tertiary/aromatic N) is 6. The molecule has 3 rings (SSSR count). The van der Waals surface area contributed by atoms with Gasteiger partial charge in [0.2, 0.25) is 0 Å². The zero-order valence-electron chi connectivity index (χ0n) is 8.07. The van der Waals surface area contributed by atoms with Crippen molar-refractivity contribution >= 4 is 5.52 Å². The number of hydrogen-bond donors (Lipinski definition) is 0. The van der Waals surface area contributed by atoms with Crippen LogP contribution in [0.2, 0.25) is 0 Å². The molecule has 0 radical (unpaired) electrons. The Morgan fingerprint density at radius 3 is 3.07 bits per heavy atom. The third-order valence-electron chi connectivity index (χ3n) is 2.13. The van der Waals surface area contributed by atoms with Gasteiger partial charge in [-0.1, -0.05) is 0 Å². The van der Waals surface area contributed by atoms with Gasteiger partial charge in [0.1, 0.15) is 18.2 Å². The highest BCUT2D eigenvalue weighted by molar-refractivity contribution is 5.60. The molecule has 6 nitrogen and oxygen atoms in total. The lowest BCUT2D eigenvalue weighted by Gasteiger charge is -2.00. The van der Waals surface area contributed by atoms with Gasteiger partial charge >= 0.3 is 0 Å². The van der Waals surface area contributed by atoms with E-state index in [9.17, 15) is 0 Å². The van der Waals surface area contributed by atoms with E-state index in [2.05, 4.69) is 20.2 Å². The summed E-state index contributed by atoms with van der Waals surface area (Å²) in [6.07, 6.45) is 6.60. The minimum Gasteiger partial charge on any atom is -0.235 e. The predicted octanol–water partition coefficient (Wildman–Crippen LogP) is 0.618. The molecule has 0 amide bonds. The third kappa shape index (κ3) is 1.18. The van der Waals surface area contributed by atoms with Gasteiger partial charge in [0.25, 0.3) is 0 Å². The van der Waals surface area contributed by atoms with Crippen molar-refractivity contribution in [3.8, 4) is 5.82 Å². The van der Waals surface area contributed by atoms with Gasteiger partial charge in [-0.05, 0) is 13.0 Å². The molecule has 0 fully saturated rings. The lowest BCUT2D eigenvalue weighted by Crippen LogP contribution is -2.01. The fourth-order valence-corrected chi connectivity index (χ4v) is 1.52. The molecule has 0 N–H and O–H groups in total. The molecule has 0 spiro atoms. The standard InChI is InChI=1S/C9H8N6/c1-7-4-8-9(15-6-10-5-12-15)11-2-3-14(8)13-7/h2-6H,1H3. The maximum Gasteiger partial charge on any atom is 0.181 e. The van der Waals surface area contributed by atoms with Crippen LogP contribution in [0.25, 0.3) is 11.3 Å². The quantitative estimate of drug-likeness (QED) is 0.577. The van der Waals surface area contributed by atoms with Crippen LogP contribution in [0.4, 0.5) is 0 Å². The summed E-state index contributed by atoms with van der Waals surface area (Å²) in [5.41, 5.74) is 1.87. The molecule has 6 heteroatoms. The average Bonchev–Trinajstić information content (AvgIpc) is 2.82. The fourth-order valence-electron chi connectivity index (χ4n) is 1.52. The maximum absolute atomic E-state index is 4.30. The smallest absolute Gasteiger partial charge is 0.181 e. The molecule has 0 bridgehead atoms. The first kappa shape index (κ1) is 8.10. The molecule has 3 aromatic rings. The van der Waals surface area contributed by atoms with E-state index in [-0.39, 0.29) is 0 Å². The summed E-state index contributed by atoms with van der Waals surface area (Å²) in [4.78, 5) is 8.16. The summed E-state index contributed by atoms with van der Waals surface area (Å²) < 4.78 is 3.40. The van der Waals surface area contributed by atoms with Crippen LogP contribution >= 0.6 is 0 Å². The van der Waals surface area contributed by atoms with Gasteiger partial charge in [-0.3, -0.25) is 0 Å². The molecule has 0 aliphatic carbocycles. The third-order valence-corrected chi connectivity index (χ3v) is 2.13. The van der Waals surface area contributed by atoms with Crippen molar-refractivity contribution in [2.75, 3.05) is 0 Å². The van der Waals surface area contributed by atoms with Crippen LogP contribution in [-0.2, 0) is 0 Å². The van der Waals surface area contributed by atoms with Gasteiger partial charge in [0.05, 0.1) is 5.69 Å². The molecule has 0 saturated heterocycles. The van der Waals surface area contributed by atoms with Gasteiger partial charge in [0, 0.05) is 12.4 Å². The molecule has 0 aromatic carbocycles. The Balaban J connectivity index is 2.35. The monoisotopic (exact) mass is 200 g/mol. The second-order valence-corrected chi connectivity index (χ2v) is 3.21. The molecule has 0 unspecified atom stereocenters. The lowest BCUT2D eigenvalue weighted by molar-refractivity contribution is 0.828. The maximum atomic E-state index is 4.30. The molecule has 0 atom stereocenters. The van der Waals surface area contributed by atoms with Crippen molar-refractivity contribution in [1.82, 2.24) is 29.4 Å². The average molecular weight is 200 g/mol. The zero-order valence-corrected chi connectivity index (χ0v) is 8.07. The van der Waals surface area contributed by atoms with Crippen LogP contribution in [0.3, 0.4) is 0 Å². The number of rotatable bonds is 1. The van der Waals surface area contributed by atoms with Crippen LogP contribution in [-0.4, -0.2) is 29.4 Å². The van der Waals surface area contributed by atoms with Crippen molar-refractivity contribution in [3.63, 3.8) is 0 Å². The van der Waals surface area contributed by atoms with Crippen LogP contribution in [0, 0.1) is 6.92 Å². The summed E-state index contributed by atoms with van der Waals surface area (Å²) in [6, 6.07) is 1.96. The van der Waals surface area contributed by atoms with Crippen LogP contribution < -0.4 is 0 Å². The van der Waals surface area contributed by atoms with E-state index in [0.717, 1.165) is 17.0 Å². The van der Waals surface area contributed by atoms with E-state index in [4.69, 9.17) is 0 Å². The van der Waals surface area contributed by atoms with Crippen LogP contribution in [0.15, 0.2) is 31.1 Å². The molecule has 3 aromatic heterocycles. The highest BCUT2D eigenvalue weighted by Gasteiger charge is 2.06. The van der Waals surface area contributed by atoms with Crippen molar-refractivity contribution in [2.24, 2.45) is 0 Å². The number of fused-ring (bicyclic) bond motifs is 1. The molecule has 0 aliphatic rings. The van der Waals surface area contributed by atoms with E-state index in [1.54, 1.807) is 21.7 Å². The number of aromatic nitrogens is 6.